The fourth-order valence-electron chi connectivity index (χ4n) is 2.94. The molecule has 1 aliphatic heterocycles. The molecule has 0 spiro atoms. The Hall–Kier alpha value is -2.04. The van der Waals surface area contributed by atoms with Gasteiger partial charge in [0.25, 0.3) is 0 Å². The summed E-state index contributed by atoms with van der Waals surface area (Å²) in [5.41, 5.74) is 5.74. The molecule has 4 N–H and O–H groups in total. The highest BCUT2D eigenvalue weighted by molar-refractivity contribution is 6.36. The lowest BCUT2D eigenvalue weighted by Crippen LogP contribution is -2.40. The molecule has 1 atom stereocenters. The van der Waals surface area contributed by atoms with E-state index in [0.29, 0.717) is 37.1 Å². The van der Waals surface area contributed by atoms with Crippen molar-refractivity contribution in [3.05, 3.63) is 51.4 Å². The van der Waals surface area contributed by atoms with Crippen molar-refractivity contribution in [2.75, 3.05) is 18.8 Å². The zero-order chi connectivity index (χ0) is 20.3. The van der Waals surface area contributed by atoms with Crippen LogP contribution < -0.4 is 15.8 Å². The summed E-state index contributed by atoms with van der Waals surface area (Å²) in [6.45, 7) is 3.11. The third kappa shape index (κ3) is 4.68. The number of pyridine rings is 1. The van der Waals surface area contributed by atoms with Crippen LogP contribution in [0.15, 0.2) is 24.4 Å². The minimum absolute atomic E-state index is 0.101. The van der Waals surface area contributed by atoms with E-state index in [4.69, 9.17) is 33.7 Å². The van der Waals surface area contributed by atoms with Crippen molar-refractivity contribution in [1.82, 2.24) is 10.3 Å². The number of anilines is 1. The number of rotatable bonds is 3. The van der Waals surface area contributed by atoms with Crippen LogP contribution in [0.4, 0.5) is 10.2 Å². The first-order chi connectivity index (χ1) is 13.3. The first-order valence-electron chi connectivity index (χ1n) is 8.81. The average Bonchev–Trinajstić information content (AvgIpc) is 2.66. The number of piperidine rings is 1. The molecule has 0 saturated carbocycles. The van der Waals surface area contributed by atoms with Crippen LogP contribution in [0.2, 0.25) is 10.0 Å². The Labute approximate surface area is 173 Å². The Kier molecular flexibility index (Phi) is 6.31. The zero-order valence-corrected chi connectivity index (χ0v) is 16.7. The first-order valence-corrected chi connectivity index (χ1v) is 9.56. The van der Waals surface area contributed by atoms with Gasteiger partial charge in [0.05, 0.1) is 5.02 Å². The van der Waals surface area contributed by atoms with Crippen LogP contribution in [0.25, 0.3) is 0 Å². The van der Waals surface area contributed by atoms with Gasteiger partial charge in [0.15, 0.2) is 11.6 Å². The van der Waals surface area contributed by atoms with E-state index in [0.717, 1.165) is 0 Å². The monoisotopic (exact) mass is 423 g/mol. The smallest absolute Gasteiger partial charge is 0.166 e. The largest absolute Gasteiger partial charge is 0.482 e. The van der Waals surface area contributed by atoms with Gasteiger partial charge in [-0.3, -0.25) is 0 Å². The Bertz CT molecular complexity index is 937. The molecule has 1 aromatic carbocycles. The van der Waals surface area contributed by atoms with Crippen molar-refractivity contribution < 1.29 is 14.2 Å². The van der Waals surface area contributed by atoms with Crippen LogP contribution in [-0.2, 0) is 0 Å². The third-order valence-electron chi connectivity index (χ3n) is 4.54. The Morgan fingerprint density at radius 3 is 2.79 bits per heavy atom. The van der Waals surface area contributed by atoms with Gasteiger partial charge in [-0.05, 0) is 45.0 Å². The first kappa shape index (κ1) is 20.7. The number of nitrogen functional groups attached to an aromatic ring is 1. The molecule has 1 saturated heterocycles. The van der Waals surface area contributed by atoms with Gasteiger partial charge in [0, 0.05) is 28.4 Å². The number of hydrogen-bond donors (Lipinski definition) is 3. The molecule has 2 aromatic rings. The van der Waals surface area contributed by atoms with Gasteiger partial charge in [-0.2, -0.15) is 0 Å². The van der Waals surface area contributed by atoms with Gasteiger partial charge >= 0.3 is 0 Å². The molecular formula is C20H20Cl2FN3O2. The molecule has 5 nitrogen and oxygen atoms in total. The number of aliphatic hydroxyl groups is 1. The molecule has 0 unspecified atom stereocenters. The van der Waals surface area contributed by atoms with E-state index < -0.39 is 17.5 Å². The number of nitrogens with zero attached hydrogens (tertiary/aromatic N) is 1. The summed E-state index contributed by atoms with van der Waals surface area (Å²) in [5, 5.41) is 13.8. The Balaban J connectivity index is 1.84. The van der Waals surface area contributed by atoms with E-state index in [1.54, 1.807) is 13.0 Å². The van der Waals surface area contributed by atoms with E-state index in [1.165, 1.54) is 18.3 Å². The molecule has 28 heavy (non-hydrogen) atoms. The van der Waals surface area contributed by atoms with Crippen LogP contribution >= 0.6 is 23.2 Å². The fourth-order valence-corrected chi connectivity index (χ4v) is 3.61. The number of nitrogens with one attached hydrogen (secondary N) is 1. The van der Waals surface area contributed by atoms with Gasteiger partial charge < -0.3 is 20.9 Å². The van der Waals surface area contributed by atoms with Crippen LogP contribution in [0, 0.1) is 17.7 Å². The van der Waals surface area contributed by atoms with Gasteiger partial charge in [0.2, 0.25) is 0 Å². The molecule has 2 heterocycles. The lowest BCUT2D eigenvalue weighted by molar-refractivity contribution is 0.0679. The quantitative estimate of drug-likeness (QED) is 0.517. The van der Waals surface area contributed by atoms with Crippen molar-refractivity contribution in [2.24, 2.45) is 0 Å². The number of benzene rings is 1. The lowest BCUT2D eigenvalue weighted by atomic mass is 9.93. The minimum atomic E-state index is -1.02. The highest BCUT2D eigenvalue weighted by Gasteiger charge is 2.26. The summed E-state index contributed by atoms with van der Waals surface area (Å²) in [7, 11) is 0. The molecule has 1 fully saturated rings. The standard InChI is InChI=1S/C20H20Cl2FN3O2/c1-12(17-14(21)2-3-15(23)18(17)22)28-16-10-13(11-26-19(16)24)4-5-20(27)6-8-25-9-7-20/h2-3,10-12,25,27H,6-9H2,1H3,(H2,24,26)/t12-/m1/s1. The van der Waals surface area contributed by atoms with E-state index in [9.17, 15) is 9.50 Å². The second kappa shape index (κ2) is 8.54. The van der Waals surface area contributed by atoms with Crippen LogP contribution in [0.5, 0.6) is 5.75 Å². The highest BCUT2D eigenvalue weighted by atomic mass is 35.5. The van der Waals surface area contributed by atoms with Crippen LogP contribution in [-0.4, -0.2) is 28.8 Å². The van der Waals surface area contributed by atoms with E-state index >= 15 is 0 Å². The number of nitrogens with two attached hydrogens (primary N) is 1. The number of halogens is 3. The summed E-state index contributed by atoms with van der Waals surface area (Å²) in [6.07, 6.45) is 1.95. The second-order valence-electron chi connectivity index (χ2n) is 6.66. The molecule has 3 rings (SSSR count). The number of aromatic nitrogens is 1. The maximum atomic E-state index is 13.8. The van der Waals surface area contributed by atoms with Crippen molar-refractivity contribution in [1.29, 1.82) is 0 Å². The molecule has 1 aliphatic rings. The van der Waals surface area contributed by atoms with E-state index in [2.05, 4.69) is 22.1 Å². The van der Waals surface area contributed by atoms with Crippen LogP contribution in [0.3, 0.4) is 0 Å². The summed E-state index contributed by atoms with van der Waals surface area (Å²) in [5.74, 6) is 5.68. The Morgan fingerprint density at radius 1 is 1.36 bits per heavy atom. The van der Waals surface area contributed by atoms with Gasteiger partial charge in [0.1, 0.15) is 17.5 Å². The SMILES string of the molecule is C[C@@H](Oc1cc(C#CC2(O)CCNCC2)cnc1N)c1c(Cl)ccc(F)c1Cl. The fraction of sp³-hybridized carbons (Fsp3) is 0.350. The predicted molar refractivity (Wildman–Crippen MR) is 108 cm³/mol. The van der Waals surface area contributed by atoms with Crippen molar-refractivity contribution in [2.45, 2.75) is 31.5 Å². The van der Waals surface area contributed by atoms with E-state index in [-0.39, 0.29) is 21.6 Å². The maximum Gasteiger partial charge on any atom is 0.166 e. The topological polar surface area (TPSA) is 80.4 Å². The molecular weight excluding hydrogens is 404 g/mol. The molecule has 0 aliphatic carbocycles. The molecule has 0 amide bonds. The molecule has 148 valence electrons. The third-order valence-corrected chi connectivity index (χ3v) is 5.26. The average molecular weight is 424 g/mol. The van der Waals surface area contributed by atoms with Crippen molar-refractivity contribution in [3.63, 3.8) is 0 Å². The highest BCUT2D eigenvalue weighted by Crippen LogP contribution is 2.36. The summed E-state index contributed by atoms with van der Waals surface area (Å²) < 4.78 is 19.6. The second-order valence-corrected chi connectivity index (χ2v) is 7.44. The van der Waals surface area contributed by atoms with Crippen molar-refractivity contribution >= 4 is 29.0 Å². The molecule has 1 aromatic heterocycles. The van der Waals surface area contributed by atoms with Gasteiger partial charge in [-0.25, -0.2) is 9.37 Å². The van der Waals surface area contributed by atoms with Gasteiger partial charge in [-0.1, -0.05) is 35.0 Å². The van der Waals surface area contributed by atoms with Gasteiger partial charge in [-0.15, -0.1) is 0 Å². The molecule has 0 bridgehead atoms. The molecule has 8 heteroatoms. The predicted octanol–water partition coefficient (Wildman–Crippen LogP) is 3.72. The number of ether oxygens (including phenoxy) is 1. The number of hydrogen-bond acceptors (Lipinski definition) is 5. The normalized spacial score (nSPS) is 16.8. The minimum Gasteiger partial charge on any atom is -0.482 e. The summed E-state index contributed by atoms with van der Waals surface area (Å²) >= 11 is 12.2. The lowest BCUT2D eigenvalue weighted by Gasteiger charge is -2.27. The summed E-state index contributed by atoms with van der Waals surface area (Å²) in [4.78, 5) is 4.09. The maximum absolute atomic E-state index is 13.8. The molecule has 0 radical (unpaired) electrons. The Morgan fingerprint density at radius 2 is 2.07 bits per heavy atom. The van der Waals surface area contributed by atoms with Crippen LogP contribution in [0.1, 0.15) is 37.0 Å². The van der Waals surface area contributed by atoms with E-state index in [1.807, 2.05) is 0 Å². The summed E-state index contributed by atoms with van der Waals surface area (Å²) in [6, 6.07) is 4.23. The van der Waals surface area contributed by atoms with Crippen molar-refractivity contribution in [3.8, 4) is 17.6 Å². The zero-order valence-electron chi connectivity index (χ0n) is 15.2.